The summed E-state index contributed by atoms with van der Waals surface area (Å²) < 4.78 is 12.9. The molecule has 186 valence electrons. The van der Waals surface area contributed by atoms with Gasteiger partial charge in [-0.15, -0.1) is 22.7 Å². The average molecular weight is 546 g/mol. The summed E-state index contributed by atoms with van der Waals surface area (Å²) >= 11 is 3.81. The van der Waals surface area contributed by atoms with E-state index < -0.39 is 0 Å². The van der Waals surface area contributed by atoms with Crippen molar-refractivity contribution in [2.24, 2.45) is 0 Å². The minimum Gasteiger partial charge on any atom is -0.456 e. The molecular formula is C36H19NOS2. The van der Waals surface area contributed by atoms with Gasteiger partial charge in [0.2, 0.25) is 0 Å². The number of fused-ring (bicyclic) bond motifs is 14. The number of furan rings is 1. The molecule has 6 aromatic carbocycles. The molecule has 4 aromatic heterocycles. The van der Waals surface area contributed by atoms with E-state index >= 15 is 0 Å². The van der Waals surface area contributed by atoms with E-state index in [2.05, 4.69) is 114 Å². The Morgan fingerprint density at radius 2 is 1.25 bits per heavy atom. The van der Waals surface area contributed by atoms with Gasteiger partial charge in [0.1, 0.15) is 11.2 Å². The first-order valence-corrected chi connectivity index (χ1v) is 15.1. The van der Waals surface area contributed by atoms with E-state index in [4.69, 9.17) is 4.42 Å². The van der Waals surface area contributed by atoms with Gasteiger partial charge in [-0.05, 0) is 53.2 Å². The number of hydrogen-bond acceptors (Lipinski definition) is 3. The van der Waals surface area contributed by atoms with Crippen LogP contribution in [0.5, 0.6) is 0 Å². The van der Waals surface area contributed by atoms with Crippen molar-refractivity contribution in [3.05, 3.63) is 115 Å². The van der Waals surface area contributed by atoms with Crippen molar-refractivity contribution in [3.63, 3.8) is 0 Å². The first kappa shape index (κ1) is 21.2. The molecule has 0 fully saturated rings. The molecule has 4 heteroatoms. The lowest BCUT2D eigenvalue weighted by Crippen LogP contribution is -1.94. The van der Waals surface area contributed by atoms with E-state index in [0.717, 1.165) is 16.6 Å². The van der Waals surface area contributed by atoms with Crippen molar-refractivity contribution in [2.45, 2.75) is 0 Å². The molecule has 0 aliphatic rings. The summed E-state index contributed by atoms with van der Waals surface area (Å²) in [5.41, 5.74) is 5.45. The van der Waals surface area contributed by atoms with Crippen molar-refractivity contribution in [1.29, 1.82) is 0 Å². The summed E-state index contributed by atoms with van der Waals surface area (Å²) in [6.07, 6.45) is 0. The fraction of sp³-hybridized carbons (Fsp3) is 0. The molecule has 0 amide bonds. The number of rotatable bonds is 1. The quantitative estimate of drug-likeness (QED) is 0.201. The fourth-order valence-corrected chi connectivity index (χ4v) is 9.38. The molecule has 2 nitrogen and oxygen atoms in total. The van der Waals surface area contributed by atoms with E-state index in [1.54, 1.807) is 0 Å². The van der Waals surface area contributed by atoms with Gasteiger partial charge >= 0.3 is 0 Å². The molecular weight excluding hydrogens is 527 g/mol. The number of thiophene rings is 2. The van der Waals surface area contributed by atoms with Crippen LogP contribution in [0.3, 0.4) is 0 Å². The lowest BCUT2D eigenvalue weighted by molar-refractivity contribution is 0.669. The van der Waals surface area contributed by atoms with Crippen LogP contribution in [0.25, 0.3) is 89.8 Å². The van der Waals surface area contributed by atoms with Crippen LogP contribution in [0.15, 0.2) is 120 Å². The normalized spacial score (nSPS) is 12.5. The molecule has 4 heterocycles. The van der Waals surface area contributed by atoms with Crippen molar-refractivity contribution >= 4 is 107 Å². The predicted octanol–water partition coefficient (Wildman–Crippen LogP) is 11.4. The monoisotopic (exact) mass is 545 g/mol. The molecule has 0 aliphatic carbocycles. The molecule has 10 rings (SSSR count). The Hall–Kier alpha value is -4.64. The summed E-state index contributed by atoms with van der Waals surface area (Å²) in [5.74, 6) is 0. The highest BCUT2D eigenvalue weighted by Crippen LogP contribution is 2.46. The molecule has 0 bridgehead atoms. The van der Waals surface area contributed by atoms with Gasteiger partial charge in [0.15, 0.2) is 0 Å². The van der Waals surface area contributed by atoms with Crippen LogP contribution < -0.4 is 0 Å². The van der Waals surface area contributed by atoms with Crippen molar-refractivity contribution < 1.29 is 4.42 Å². The van der Waals surface area contributed by atoms with Gasteiger partial charge in [-0.25, -0.2) is 0 Å². The van der Waals surface area contributed by atoms with E-state index in [0.29, 0.717) is 0 Å². The lowest BCUT2D eigenvalue weighted by Gasteiger charge is -2.09. The molecule has 0 aliphatic heterocycles. The van der Waals surface area contributed by atoms with Crippen LogP contribution in [-0.2, 0) is 0 Å². The maximum atomic E-state index is 6.37. The molecule has 10 aromatic rings. The van der Waals surface area contributed by atoms with Crippen molar-refractivity contribution in [1.82, 2.24) is 4.57 Å². The third kappa shape index (κ3) is 2.63. The van der Waals surface area contributed by atoms with Gasteiger partial charge in [-0.2, -0.15) is 0 Å². The lowest BCUT2D eigenvalue weighted by atomic mass is 10.0. The topological polar surface area (TPSA) is 18.1 Å². The summed E-state index contributed by atoms with van der Waals surface area (Å²) in [5, 5.41) is 11.5. The second kappa shape index (κ2) is 7.51. The van der Waals surface area contributed by atoms with E-state index in [9.17, 15) is 0 Å². The smallest absolute Gasteiger partial charge is 0.137 e. The fourth-order valence-electron chi connectivity index (χ4n) is 6.74. The van der Waals surface area contributed by atoms with Gasteiger partial charge in [0, 0.05) is 47.4 Å². The summed E-state index contributed by atoms with van der Waals surface area (Å²) in [7, 11) is 0. The van der Waals surface area contributed by atoms with Crippen molar-refractivity contribution in [2.75, 3.05) is 0 Å². The Balaban J connectivity index is 1.39. The van der Waals surface area contributed by atoms with Crippen LogP contribution in [0, 0.1) is 0 Å². The Kier molecular flexibility index (Phi) is 3.98. The third-order valence-corrected chi connectivity index (χ3v) is 10.8. The van der Waals surface area contributed by atoms with E-state index in [-0.39, 0.29) is 0 Å². The summed E-state index contributed by atoms with van der Waals surface area (Å²) in [4.78, 5) is 0. The first-order chi connectivity index (χ1) is 19.8. The molecule has 0 spiro atoms. The van der Waals surface area contributed by atoms with Gasteiger partial charge in [0.05, 0.1) is 20.4 Å². The van der Waals surface area contributed by atoms with Crippen LogP contribution >= 0.6 is 22.7 Å². The standard InChI is InChI=1S/C36H19NOS2/c1-2-8-22-20(7-1)13-17-27-32(22)26-16-18-29-34(23-9-3-5-11-28(23)38-29)35(26)37(27)21-14-15-25-31(19-21)40-36-33(25)24-10-4-6-12-30(24)39-36/h1-19H. The minimum absolute atomic E-state index is 0.922. The Morgan fingerprint density at radius 3 is 2.20 bits per heavy atom. The number of para-hydroxylation sites is 1. The molecule has 0 atom stereocenters. The van der Waals surface area contributed by atoms with Crippen LogP contribution in [0.4, 0.5) is 0 Å². The van der Waals surface area contributed by atoms with Crippen molar-refractivity contribution in [3.8, 4) is 5.69 Å². The van der Waals surface area contributed by atoms with Gasteiger partial charge in [0.25, 0.3) is 0 Å². The van der Waals surface area contributed by atoms with Crippen LogP contribution in [0.1, 0.15) is 0 Å². The van der Waals surface area contributed by atoms with Crippen LogP contribution in [0.2, 0.25) is 0 Å². The SMILES string of the molecule is c1ccc2c(c1)ccc1c2c2ccc3oc4ccccc4c3c2n1-c1ccc2c(c1)sc1sc3ccccc3c12. The van der Waals surface area contributed by atoms with Gasteiger partial charge < -0.3 is 8.98 Å². The molecule has 0 unspecified atom stereocenters. The third-order valence-electron chi connectivity index (χ3n) is 8.42. The second-order valence-corrected chi connectivity index (χ2v) is 12.9. The number of hydrogen-bond donors (Lipinski definition) is 0. The van der Waals surface area contributed by atoms with E-state index in [1.165, 1.54) is 73.2 Å². The number of aromatic nitrogens is 1. The zero-order valence-corrected chi connectivity index (χ0v) is 22.8. The second-order valence-electron chi connectivity index (χ2n) is 10.5. The predicted molar refractivity (Wildman–Crippen MR) is 174 cm³/mol. The molecule has 0 radical (unpaired) electrons. The Bertz CT molecular complexity index is 2660. The molecule has 0 saturated heterocycles. The largest absolute Gasteiger partial charge is 0.456 e. The van der Waals surface area contributed by atoms with E-state index in [1.807, 2.05) is 28.7 Å². The molecule has 40 heavy (non-hydrogen) atoms. The Morgan fingerprint density at radius 1 is 0.500 bits per heavy atom. The van der Waals surface area contributed by atoms with Gasteiger partial charge in [-0.3, -0.25) is 0 Å². The first-order valence-electron chi connectivity index (χ1n) is 13.4. The van der Waals surface area contributed by atoms with Crippen LogP contribution in [-0.4, -0.2) is 4.57 Å². The highest BCUT2D eigenvalue weighted by Gasteiger charge is 2.21. The molecule has 0 saturated carbocycles. The maximum absolute atomic E-state index is 6.37. The summed E-state index contributed by atoms with van der Waals surface area (Å²) in [6.45, 7) is 0. The minimum atomic E-state index is 0.922. The number of nitrogens with zero attached hydrogens (tertiary/aromatic N) is 1. The maximum Gasteiger partial charge on any atom is 0.137 e. The highest BCUT2D eigenvalue weighted by atomic mass is 32.2. The summed E-state index contributed by atoms with van der Waals surface area (Å²) in [6, 6.07) is 41.8. The Labute approximate surface area is 235 Å². The highest BCUT2D eigenvalue weighted by molar-refractivity contribution is 7.44. The number of benzene rings is 6. The zero-order valence-electron chi connectivity index (χ0n) is 21.1. The zero-order chi connectivity index (χ0) is 25.9. The molecule has 0 N–H and O–H groups in total. The average Bonchev–Trinajstić information content (AvgIpc) is 3.73. The van der Waals surface area contributed by atoms with Gasteiger partial charge in [-0.1, -0.05) is 72.8 Å².